The maximum absolute atomic E-state index is 4.67. The lowest BCUT2D eigenvalue weighted by Crippen LogP contribution is -1.90. The fourth-order valence-corrected chi connectivity index (χ4v) is 7.63. The Hall–Kier alpha value is -8.88. The molecule has 12 rings (SSSR count). The molecule has 8 heteroatoms. The highest BCUT2D eigenvalue weighted by molar-refractivity contribution is 6.11. The van der Waals surface area contributed by atoms with Crippen LogP contribution in [0.1, 0.15) is 11.1 Å². The standard InChI is InChI=1S/C24H16N2.C12H8N2.C12H12N2.C10H8N2/c1-3-7-17(8-4-1)19-13-15-25-23-21(19)11-12-22-20(14-16-26-24(22)23)18-9-5-2-6-10-18;1-3-9-5-6-10-4-2-8-14-12(10)11(9)13-7-1;1-9-3-5-13-11(7-9)12-8-10(2)4-6-14-12;1-3-7-11-9(5-1)10-6-2-4-8-12-10/h1-16H;1-8H;3-8H,1-2H3;1-8H. The second-order valence-electron chi connectivity index (χ2n) is 15.4. The molecule has 66 heavy (non-hydrogen) atoms. The Bertz CT molecular complexity index is 3260. The number of hydrogen-bond acceptors (Lipinski definition) is 8. The molecule has 0 atom stereocenters. The minimum Gasteiger partial charge on any atom is -0.255 e. The Morgan fingerprint density at radius 3 is 1.05 bits per heavy atom. The molecule has 0 aliphatic heterocycles. The summed E-state index contributed by atoms with van der Waals surface area (Å²) in [5.74, 6) is 0. The van der Waals surface area contributed by atoms with Crippen LogP contribution in [0.5, 0.6) is 0 Å². The van der Waals surface area contributed by atoms with Gasteiger partial charge in [-0.25, -0.2) is 0 Å². The van der Waals surface area contributed by atoms with Crippen LogP contribution in [0, 0.1) is 13.8 Å². The van der Waals surface area contributed by atoms with Crippen LogP contribution in [0.2, 0.25) is 0 Å². The molecular formula is C58H44N8. The van der Waals surface area contributed by atoms with Crippen molar-refractivity contribution in [2.75, 3.05) is 0 Å². The van der Waals surface area contributed by atoms with Crippen molar-refractivity contribution in [2.45, 2.75) is 13.8 Å². The molecule has 0 radical (unpaired) electrons. The fourth-order valence-electron chi connectivity index (χ4n) is 7.63. The molecule has 316 valence electrons. The van der Waals surface area contributed by atoms with E-state index >= 15 is 0 Å². The van der Waals surface area contributed by atoms with Gasteiger partial charge in [0.1, 0.15) is 0 Å². The second-order valence-corrected chi connectivity index (χ2v) is 15.4. The van der Waals surface area contributed by atoms with Gasteiger partial charge in [0.15, 0.2) is 0 Å². The van der Waals surface area contributed by atoms with Crippen LogP contribution in [-0.4, -0.2) is 39.9 Å². The highest BCUT2D eigenvalue weighted by atomic mass is 14.8. The number of fused-ring (bicyclic) bond motifs is 6. The SMILES string of the molecule is Cc1ccnc(-c2cc(C)ccn2)c1.c1ccc(-c2ccccn2)nc1.c1ccc(-c2ccnc3c2ccc2c(-c4ccccc4)ccnc23)cc1.c1cnc2c(c1)ccc1cccnc12. The molecule has 0 aliphatic rings. The van der Waals surface area contributed by atoms with E-state index in [-0.39, 0.29) is 0 Å². The lowest BCUT2D eigenvalue weighted by atomic mass is 9.97. The van der Waals surface area contributed by atoms with E-state index in [2.05, 4.69) is 151 Å². The molecule has 8 nitrogen and oxygen atoms in total. The van der Waals surface area contributed by atoms with E-state index in [1.54, 1.807) is 24.8 Å². The first-order chi connectivity index (χ1) is 32.6. The van der Waals surface area contributed by atoms with Gasteiger partial charge >= 0.3 is 0 Å². The maximum atomic E-state index is 4.67. The van der Waals surface area contributed by atoms with Crippen LogP contribution in [0.3, 0.4) is 0 Å². The van der Waals surface area contributed by atoms with Gasteiger partial charge in [-0.15, -0.1) is 0 Å². The zero-order chi connectivity index (χ0) is 44.9. The highest BCUT2D eigenvalue weighted by Gasteiger charge is 2.12. The normalized spacial score (nSPS) is 10.6. The fraction of sp³-hybridized carbons (Fsp3) is 0.0345. The van der Waals surface area contributed by atoms with Crippen molar-refractivity contribution in [1.82, 2.24) is 39.9 Å². The van der Waals surface area contributed by atoms with Crippen LogP contribution in [0.15, 0.2) is 232 Å². The summed E-state index contributed by atoms with van der Waals surface area (Å²) in [5.41, 5.74) is 14.7. The summed E-state index contributed by atoms with van der Waals surface area (Å²) in [6.45, 7) is 4.11. The summed E-state index contributed by atoms with van der Waals surface area (Å²) >= 11 is 0. The minimum atomic E-state index is 0.915. The van der Waals surface area contributed by atoms with Crippen molar-refractivity contribution in [1.29, 1.82) is 0 Å². The van der Waals surface area contributed by atoms with E-state index in [0.717, 1.165) is 66.4 Å². The molecule has 0 amide bonds. The van der Waals surface area contributed by atoms with Crippen LogP contribution >= 0.6 is 0 Å². The Balaban J connectivity index is 0.000000117. The summed E-state index contributed by atoms with van der Waals surface area (Å²) in [7, 11) is 0. The van der Waals surface area contributed by atoms with E-state index in [4.69, 9.17) is 0 Å². The maximum Gasteiger partial charge on any atom is 0.0970 e. The first kappa shape index (κ1) is 42.4. The number of aryl methyl sites for hydroxylation is 2. The molecule has 12 aromatic rings. The molecule has 0 bridgehead atoms. The number of nitrogens with zero attached hydrogens (tertiary/aromatic N) is 8. The average Bonchev–Trinajstić information content (AvgIpc) is 3.40. The van der Waals surface area contributed by atoms with Gasteiger partial charge in [0.25, 0.3) is 0 Å². The zero-order valence-electron chi connectivity index (χ0n) is 36.5. The molecule has 4 aromatic carbocycles. The Morgan fingerprint density at radius 2 is 0.636 bits per heavy atom. The molecule has 0 spiro atoms. The van der Waals surface area contributed by atoms with Gasteiger partial charge in [-0.2, -0.15) is 0 Å². The zero-order valence-corrected chi connectivity index (χ0v) is 36.5. The largest absolute Gasteiger partial charge is 0.255 e. The van der Waals surface area contributed by atoms with E-state index in [0.29, 0.717) is 0 Å². The molecule has 0 unspecified atom stereocenters. The third-order valence-corrected chi connectivity index (χ3v) is 10.8. The van der Waals surface area contributed by atoms with E-state index in [9.17, 15) is 0 Å². The van der Waals surface area contributed by atoms with Crippen molar-refractivity contribution in [3.63, 3.8) is 0 Å². The molecule has 0 saturated carbocycles. The molecule has 8 heterocycles. The van der Waals surface area contributed by atoms with Crippen LogP contribution in [0.4, 0.5) is 0 Å². The lowest BCUT2D eigenvalue weighted by molar-refractivity contribution is 1.21. The first-order valence-electron chi connectivity index (χ1n) is 21.6. The van der Waals surface area contributed by atoms with Gasteiger partial charge in [-0.3, -0.25) is 39.9 Å². The predicted octanol–water partition coefficient (Wildman–Crippen LogP) is 13.8. The number of hydrogen-bond donors (Lipinski definition) is 0. The summed E-state index contributed by atoms with van der Waals surface area (Å²) < 4.78 is 0. The number of benzene rings is 4. The Morgan fingerprint density at radius 1 is 0.258 bits per heavy atom. The Kier molecular flexibility index (Phi) is 13.2. The third kappa shape index (κ3) is 9.99. The monoisotopic (exact) mass is 852 g/mol. The smallest absolute Gasteiger partial charge is 0.0970 e. The molecule has 0 saturated heterocycles. The van der Waals surface area contributed by atoms with Gasteiger partial charge in [0.2, 0.25) is 0 Å². The van der Waals surface area contributed by atoms with Crippen LogP contribution in [0.25, 0.3) is 88.6 Å². The summed E-state index contributed by atoms with van der Waals surface area (Å²) in [4.78, 5) is 35.0. The summed E-state index contributed by atoms with van der Waals surface area (Å²) in [5, 5.41) is 4.53. The molecule has 0 aliphatic carbocycles. The van der Waals surface area contributed by atoms with Gasteiger partial charge in [0.05, 0.1) is 44.8 Å². The van der Waals surface area contributed by atoms with Gasteiger partial charge in [0, 0.05) is 71.1 Å². The minimum absolute atomic E-state index is 0.915. The van der Waals surface area contributed by atoms with E-state index < -0.39 is 0 Å². The van der Waals surface area contributed by atoms with Crippen molar-refractivity contribution in [3.8, 4) is 45.0 Å². The van der Waals surface area contributed by atoms with Crippen molar-refractivity contribution < 1.29 is 0 Å². The quantitative estimate of drug-likeness (QED) is 0.161. The van der Waals surface area contributed by atoms with Crippen molar-refractivity contribution in [2.24, 2.45) is 0 Å². The molecular weight excluding hydrogens is 809 g/mol. The number of rotatable bonds is 4. The lowest BCUT2D eigenvalue weighted by Gasteiger charge is -2.11. The van der Waals surface area contributed by atoms with Crippen LogP contribution in [-0.2, 0) is 0 Å². The average molecular weight is 853 g/mol. The molecule has 8 aromatic heterocycles. The topological polar surface area (TPSA) is 103 Å². The second kappa shape index (κ2) is 20.5. The van der Waals surface area contributed by atoms with Crippen molar-refractivity contribution in [3.05, 3.63) is 243 Å². The van der Waals surface area contributed by atoms with E-state index in [1.165, 1.54) is 33.4 Å². The Labute approximate surface area is 383 Å². The van der Waals surface area contributed by atoms with Gasteiger partial charge in [-0.05, 0) is 120 Å². The predicted molar refractivity (Wildman–Crippen MR) is 269 cm³/mol. The highest BCUT2D eigenvalue weighted by Crippen LogP contribution is 2.35. The van der Waals surface area contributed by atoms with Crippen LogP contribution < -0.4 is 0 Å². The van der Waals surface area contributed by atoms with Gasteiger partial charge < -0.3 is 0 Å². The summed E-state index contributed by atoms with van der Waals surface area (Å²) in [6.07, 6.45) is 14.5. The third-order valence-electron chi connectivity index (χ3n) is 10.8. The van der Waals surface area contributed by atoms with Gasteiger partial charge in [-0.1, -0.05) is 109 Å². The number of pyridine rings is 8. The molecule has 0 fully saturated rings. The first-order valence-corrected chi connectivity index (χ1v) is 21.6. The summed E-state index contributed by atoms with van der Waals surface area (Å²) in [6, 6.07) is 61.1. The number of aromatic nitrogens is 8. The van der Waals surface area contributed by atoms with E-state index in [1.807, 2.05) is 110 Å². The molecule has 0 N–H and O–H groups in total. The van der Waals surface area contributed by atoms with Crippen molar-refractivity contribution >= 4 is 43.6 Å².